The standard InChI is InChI=1S/C26H33F3N4O4/c1-17-3-4-21(30-25(35)33-6-5-19(15-33)14-26(27,28)29)13-22(17)20-11-23(32-7-9-36-10-8-32)31-24(12-20)37-18(2)16-34/h3-4,11-13,18-19,34H,5-10,14-16H2,1-2H3,(H,30,35)/t18-,19-/m1/s1. The fraction of sp³-hybridized carbons (Fsp3) is 0.538. The quantitative estimate of drug-likeness (QED) is 0.559. The molecule has 8 nitrogen and oxygen atoms in total. The van der Waals surface area contributed by atoms with Gasteiger partial charge in [-0.25, -0.2) is 4.79 Å². The Labute approximate surface area is 214 Å². The number of aliphatic hydroxyl groups is 1. The molecule has 0 unspecified atom stereocenters. The Morgan fingerprint density at radius 1 is 1.24 bits per heavy atom. The molecule has 202 valence electrons. The predicted octanol–water partition coefficient (Wildman–Crippen LogP) is 4.46. The van der Waals surface area contributed by atoms with Crippen LogP contribution in [0.5, 0.6) is 5.88 Å². The van der Waals surface area contributed by atoms with Crippen LogP contribution in [-0.2, 0) is 4.74 Å². The second kappa shape index (κ2) is 11.6. The molecule has 2 aliphatic rings. The molecule has 0 spiro atoms. The molecule has 0 bridgehead atoms. The highest BCUT2D eigenvalue weighted by molar-refractivity contribution is 5.90. The SMILES string of the molecule is Cc1ccc(NC(=O)N2CC[C@H](CC(F)(F)F)C2)cc1-c1cc(O[C@H](C)CO)nc(N2CCOCC2)c1. The lowest BCUT2D eigenvalue weighted by Crippen LogP contribution is -2.36. The Morgan fingerprint density at radius 3 is 2.70 bits per heavy atom. The molecule has 11 heteroatoms. The maximum absolute atomic E-state index is 12.8. The van der Waals surface area contributed by atoms with Crippen molar-refractivity contribution in [2.45, 2.75) is 39.0 Å². The molecule has 2 amide bonds. The number of anilines is 2. The summed E-state index contributed by atoms with van der Waals surface area (Å²) in [4.78, 5) is 21.0. The molecule has 0 saturated carbocycles. The van der Waals surface area contributed by atoms with E-state index in [1.165, 1.54) is 4.90 Å². The first-order chi connectivity index (χ1) is 17.6. The number of halogens is 3. The molecular weight excluding hydrogens is 489 g/mol. The van der Waals surface area contributed by atoms with Crippen LogP contribution in [0.2, 0.25) is 0 Å². The lowest BCUT2D eigenvalue weighted by atomic mass is 10.00. The first kappa shape index (κ1) is 27.0. The van der Waals surface area contributed by atoms with Crippen LogP contribution in [0.4, 0.5) is 29.5 Å². The average Bonchev–Trinajstić information content (AvgIpc) is 3.32. The summed E-state index contributed by atoms with van der Waals surface area (Å²) in [5, 5.41) is 12.3. The van der Waals surface area contributed by atoms with Crippen LogP contribution < -0.4 is 15.0 Å². The van der Waals surface area contributed by atoms with Gasteiger partial charge in [0, 0.05) is 44.4 Å². The van der Waals surface area contributed by atoms with Crippen molar-refractivity contribution in [1.29, 1.82) is 0 Å². The van der Waals surface area contributed by atoms with Crippen LogP contribution in [0.15, 0.2) is 30.3 Å². The Bertz CT molecular complexity index is 1090. The fourth-order valence-corrected chi connectivity index (χ4v) is 4.63. The maximum atomic E-state index is 12.8. The zero-order chi connectivity index (χ0) is 26.6. The van der Waals surface area contributed by atoms with E-state index in [0.29, 0.717) is 50.8 Å². The Kier molecular flexibility index (Phi) is 8.43. The van der Waals surface area contributed by atoms with Gasteiger partial charge in [-0.1, -0.05) is 6.07 Å². The van der Waals surface area contributed by atoms with Crippen molar-refractivity contribution in [3.05, 3.63) is 35.9 Å². The number of aryl methyl sites for hydroxylation is 1. The average molecular weight is 523 g/mol. The zero-order valence-corrected chi connectivity index (χ0v) is 21.1. The van der Waals surface area contributed by atoms with Gasteiger partial charge in [0.1, 0.15) is 11.9 Å². The van der Waals surface area contributed by atoms with Crippen LogP contribution in [0.1, 0.15) is 25.3 Å². The molecule has 2 atom stereocenters. The molecule has 0 radical (unpaired) electrons. The normalized spacial score (nSPS) is 19.1. The predicted molar refractivity (Wildman–Crippen MR) is 134 cm³/mol. The lowest BCUT2D eigenvalue weighted by Gasteiger charge is -2.28. The third-order valence-electron chi connectivity index (χ3n) is 6.60. The number of aliphatic hydroxyl groups excluding tert-OH is 1. The van der Waals surface area contributed by atoms with Crippen LogP contribution in [-0.4, -0.2) is 79.3 Å². The number of urea groups is 1. The molecule has 2 N–H and O–H groups in total. The molecule has 4 rings (SSSR count). The molecule has 2 aromatic rings. The highest BCUT2D eigenvalue weighted by Crippen LogP contribution is 2.33. The van der Waals surface area contributed by atoms with Crippen molar-refractivity contribution in [2.24, 2.45) is 5.92 Å². The highest BCUT2D eigenvalue weighted by atomic mass is 19.4. The molecule has 3 heterocycles. The van der Waals surface area contributed by atoms with Crippen molar-refractivity contribution in [3.63, 3.8) is 0 Å². The summed E-state index contributed by atoms with van der Waals surface area (Å²) in [7, 11) is 0. The molecule has 1 aromatic heterocycles. The molecule has 2 fully saturated rings. The van der Waals surface area contributed by atoms with Gasteiger partial charge in [0.15, 0.2) is 0 Å². The largest absolute Gasteiger partial charge is 0.472 e. The van der Waals surface area contributed by atoms with Crippen molar-refractivity contribution in [3.8, 4) is 17.0 Å². The van der Waals surface area contributed by atoms with Crippen molar-refractivity contribution in [2.75, 3.05) is 56.2 Å². The fourth-order valence-electron chi connectivity index (χ4n) is 4.63. The number of hydrogen-bond acceptors (Lipinski definition) is 6. The number of nitrogens with one attached hydrogen (secondary N) is 1. The first-order valence-corrected chi connectivity index (χ1v) is 12.5. The number of pyridine rings is 1. The number of nitrogens with zero attached hydrogens (tertiary/aromatic N) is 3. The van der Waals surface area contributed by atoms with Gasteiger partial charge in [0.25, 0.3) is 0 Å². The summed E-state index contributed by atoms with van der Waals surface area (Å²) in [6.07, 6.45) is -5.21. The number of carbonyl (C=O) groups is 1. The molecular formula is C26H33F3N4O4. The zero-order valence-electron chi connectivity index (χ0n) is 21.1. The van der Waals surface area contributed by atoms with E-state index in [9.17, 15) is 23.1 Å². The number of likely N-dealkylation sites (tertiary alicyclic amines) is 1. The monoisotopic (exact) mass is 522 g/mol. The molecule has 1 aromatic carbocycles. The second-order valence-corrected chi connectivity index (χ2v) is 9.64. The van der Waals surface area contributed by atoms with E-state index in [1.54, 1.807) is 19.1 Å². The molecule has 2 aliphatic heterocycles. The summed E-state index contributed by atoms with van der Waals surface area (Å²) < 4.78 is 49.5. The van der Waals surface area contributed by atoms with E-state index in [4.69, 9.17) is 9.47 Å². The number of amides is 2. The number of alkyl halides is 3. The van der Waals surface area contributed by atoms with Gasteiger partial charge in [-0.05, 0) is 61.1 Å². The summed E-state index contributed by atoms with van der Waals surface area (Å²) >= 11 is 0. The summed E-state index contributed by atoms with van der Waals surface area (Å²) in [5.74, 6) is 0.527. The minimum Gasteiger partial charge on any atom is -0.472 e. The third-order valence-corrected chi connectivity index (χ3v) is 6.60. The van der Waals surface area contributed by atoms with Crippen molar-refractivity contribution in [1.82, 2.24) is 9.88 Å². The molecule has 37 heavy (non-hydrogen) atoms. The van der Waals surface area contributed by atoms with Crippen LogP contribution in [0.25, 0.3) is 11.1 Å². The van der Waals surface area contributed by atoms with Gasteiger partial charge in [0.05, 0.1) is 19.8 Å². The minimum atomic E-state index is -4.23. The topological polar surface area (TPSA) is 87.2 Å². The number of ether oxygens (including phenoxy) is 2. The van der Waals surface area contributed by atoms with Crippen LogP contribution >= 0.6 is 0 Å². The second-order valence-electron chi connectivity index (χ2n) is 9.64. The number of benzene rings is 1. The van der Waals surface area contributed by atoms with E-state index < -0.39 is 30.7 Å². The van der Waals surface area contributed by atoms with E-state index >= 15 is 0 Å². The summed E-state index contributed by atoms with van der Waals surface area (Å²) in [6, 6.07) is 8.84. The van der Waals surface area contributed by atoms with E-state index in [-0.39, 0.29) is 13.2 Å². The van der Waals surface area contributed by atoms with Gasteiger partial charge in [-0.3, -0.25) is 0 Å². The number of morpholine rings is 1. The lowest BCUT2D eigenvalue weighted by molar-refractivity contribution is -0.143. The summed E-state index contributed by atoms with van der Waals surface area (Å²) in [6.45, 7) is 6.49. The Balaban J connectivity index is 1.55. The smallest absolute Gasteiger partial charge is 0.389 e. The minimum absolute atomic E-state index is 0.0844. The van der Waals surface area contributed by atoms with Crippen molar-refractivity contribution < 1.29 is 32.5 Å². The summed E-state index contributed by atoms with van der Waals surface area (Å²) in [5.41, 5.74) is 3.19. The van der Waals surface area contributed by atoms with Crippen molar-refractivity contribution >= 4 is 17.5 Å². The maximum Gasteiger partial charge on any atom is 0.389 e. The van der Waals surface area contributed by atoms with Gasteiger partial charge >= 0.3 is 12.2 Å². The Morgan fingerprint density at radius 2 is 2.00 bits per heavy atom. The number of hydrogen-bond donors (Lipinski definition) is 2. The van der Waals surface area contributed by atoms with Gasteiger partial charge in [-0.2, -0.15) is 18.2 Å². The van der Waals surface area contributed by atoms with Gasteiger partial charge < -0.3 is 29.7 Å². The van der Waals surface area contributed by atoms with Crippen LogP contribution in [0.3, 0.4) is 0 Å². The number of aromatic nitrogens is 1. The third kappa shape index (κ3) is 7.26. The van der Waals surface area contributed by atoms with Gasteiger partial charge in [-0.15, -0.1) is 0 Å². The van der Waals surface area contributed by atoms with Gasteiger partial charge in [0.2, 0.25) is 5.88 Å². The van der Waals surface area contributed by atoms with E-state index in [0.717, 1.165) is 22.5 Å². The first-order valence-electron chi connectivity index (χ1n) is 12.5. The Hall–Kier alpha value is -3.05. The molecule has 2 saturated heterocycles. The van der Waals surface area contributed by atoms with E-state index in [1.807, 2.05) is 25.1 Å². The number of rotatable bonds is 7. The molecule has 0 aliphatic carbocycles. The van der Waals surface area contributed by atoms with Crippen LogP contribution in [0, 0.1) is 12.8 Å². The highest BCUT2D eigenvalue weighted by Gasteiger charge is 2.36. The number of carbonyl (C=O) groups excluding carboxylic acids is 1. The van der Waals surface area contributed by atoms with E-state index in [2.05, 4.69) is 15.2 Å².